The van der Waals surface area contributed by atoms with Crippen LogP contribution >= 0.6 is 11.8 Å². The van der Waals surface area contributed by atoms with Crippen molar-refractivity contribution in [2.75, 3.05) is 5.75 Å². The molecule has 1 N–H and O–H groups in total. The van der Waals surface area contributed by atoms with E-state index < -0.39 is 0 Å². The number of imidazole rings is 1. The maximum atomic E-state index is 12.5. The molecule has 0 aliphatic rings. The van der Waals surface area contributed by atoms with Crippen LogP contribution in [0.25, 0.3) is 11.3 Å². The Hall–Kier alpha value is -3.13. The van der Waals surface area contributed by atoms with Gasteiger partial charge in [0.05, 0.1) is 11.8 Å². The van der Waals surface area contributed by atoms with Crippen molar-refractivity contribution in [2.24, 2.45) is 0 Å². The van der Waals surface area contributed by atoms with E-state index in [4.69, 9.17) is 0 Å². The van der Waals surface area contributed by atoms with Crippen LogP contribution in [0.4, 0.5) is 0 Å². The average molecular weight is 407 g/mol. The normalized spacial score (nSPS) is 12.2. The number of amides is 1. The van der Waals surface area contributed by atoms with Gasteiger partial charge in [-0.05, 0) is 56.2 Å². The molecule has 0 radical (unpaired) electrons. The Kier molecular flexibility index (Phi) is 5.35. The predicted molar refractivity (Wildman–Crippen MR) is 113 cm³/mol. The Labute approximate surface area is 173 Å². The molecule has 8 heteroatoms. The zero-order valence-electron chi connectivity index (χ0n) is 16.5. The Morgan fingerprint density at radius 2 is 1.93 bits per heavy atom. The highest BCUT2D eigenvalue weighted by molar-refractivity contribution is 7.99. The fourth-order valence-electron chi connectivity index (χ4n) is 3.32. The number of carbonyl (C=O) groups excluding carboxylic acids is 1. The summed E-state index contributed by atoms with van der Waals surface area (Å²) in [7, 11) is 0. The Bertz CT molecular complexity index is 1140. The summed E-state index contributed by atoms with van der Waals surface area (Å²) in [6.45, 7) is 6.05. The molecule has 1 aromatic carbocycles. The van der Waals surface area contributed by atoms with E-state index in [1.807, 2.05) is 46.5 Å². The molecule has 4 rings (SSSR count). The highest BCUT2D eigenvalue weighted by Crippen LogP contribution is 2.22. The van der Waals surface area contributed by atoms with Gasteiger partial charge in [0.2, 0.25) is 5.91 Å². The first kappa shape index (κ1) is 19.2. The third kappa shape index (κ3) is 4.17. The quantitative estimate of drug-likeness (QED) is 0.496. The first-order chi connectivity index (χ1) is 14.0. The number of benzene rings is 1. The van der Waals surface area contributed by atoms with Crippen molar-refractivity contribution in [3.63, 3.8) is 0 Å². The number of nitrogens with zero attached hydrogens (tertiary/aromatic N) is 5. The minimum atomic E-state index is -0.250. The van der Waals surface area contributed by atoms with Gasteiger partial charge in [-0.3, -0.25) is 13.8 Å². The summed E-state index contributed by atoms with van der Waals surface area (Å²) in [4.78, 5) is 16.9. The lowest BCUT2D eigenvalue weighted by molar-refractivity contribution is -0.119. The molecule has 29 heavy (non-hydrogen) atoms. The third-order valence-corrected chi connectivity index (χ3v) is 5.50. The van der Waals surface area contributed by atoms with Crippen LogP contribution in [-0.4, -0.2) is 35.8 Å². The SMILES string of the molecule is Cc1cc(C)cc(-n2ccnc2SCC(=O)NC(C)c2nnc3ccccn23)c1. The number of aromatic nitrogens is 5. The second-order valence-corrected chi connectivity index (χ2v) is 7.93. The van der Waals surface area contributed by atoms with Gasteiger partial charge >= 0.3 is 0 Å². The third-order valence-electron chi connectivity index (χ3n) is 4.53. The van der Waals surface area contributed by atoms with Gasteiger partial charge in [-0.15, -0.1) is 10.2 Å². The number of nitrogens with one attached hydrogen (secondary N) is 1. The van der Waals surface area contributed by atoms with E-state index in [9.17, 15) is 4.79 Å². The highest BCUT2D eigenvalue weighted by atomic mass is 32.2. The maximum absolute atomic E-state index is 12.5. The highest BCUT2D eigenvalue weighted by Gasteiger charge is 2.16. The fraction of sp³-hybridized carbons (Fsp3) is 0.238. The van der Waals surface area contributed by atoms with Crippen LogP contribution in [0.1, 0.15) is 29.9 Å². The zero-order valence-corrected chi connectivity index (χ0v) is 17.3. The van der Waals surface area contributed by atoms with Crippen LogP contribution in [0.3, 0.4) is 0 Å². The smallest absolute Gasteiger partial charge is 0.231 e. The number of carbonyl (C=O) groups is 1. The van der Waals surface area contributed by atoms with Gasteiger partial charge in [0, 0.05) is 24.3 Å². The second kappa shape index (κ2) is 8.08. The standard InChI is InChI=1S/C21H22N6OS/c1-14-10-15(2)12-17(11-14)26-9-7-22-21(26)29-13-19(28)23-16(3)20-25-24-18-6-4-5-8-27(18)20/h4-12,16H,13H2,1-3H3,(H,23,28). The molecule has 0 saturated carbocycles. The number of thioether (sulfide) groups is 1. The largest absolute Gasteiger partial charge is 0.346 e. The van der Waals surface area contributed by atoms with Crippen LogP contribution in [-0.2, 0) is 4.79 Å². The van der Waals surface area contributed by atoms with E-state index in [0.717, 1.165) is 16.5 Å². The van der Waals surface area contributed by atoms with Crippen molar-refractivity contribution in [1.29, 1.82) is 0 Å². The molecule has 3 aromatic heterocycles. The number of fused-ring (bicyclic) bond motifs is 1. The molecule has 0 spiro atoms. The molecule has 0 saturated heterocycles. The molecule has 3 heterocycles. The molecule has 0 aliphatic carbocycles. The van der Waals surface area contributed by atoms with Gasteiger partial charge < -0.3 is 5.32 Å². The topological polar surface area (TPSA) is 77.1 Å². The summed E-state index contributed by atoms with van der Waals surface area (Å²) in [5, 5.41) is 12.1. The number of rotatable bonds is 6. The Morgan fingerprint density at radius 3 is 2.72 bits per heavy atom. The average Bonchev–Trinajstić information content (AvgIpc) is 3.32. The molecule has 0 bridgehead atoms. The van der Waals surface area contributed by atoms with Crippen molar-refractivity contribution in [2.45, 2.75) is 32.0 Å². The first-order valence-corrected chi connectivity index (χ1v) is 10.3. The predicted octanol–water partition coefficient (Wildman–Crippen LogP) is 3.50. The molecular weight excluding hydrogens is 384 g/mol. The van der Waals surface area contributed by atoms with Crippen LogP contribution < -0.4 is 5.32 Å². The van der Waals surface area contributed by atoms with Gasteiger partial charge in [-0.2, -0.15) is 0 Å². The van der Waals surface area contributed by atoms with Crippen molar-refractivity contribution in [1.82, 2.24) is 29.5 Å². The molecule has 148 valence electrons. The Balaban J connectivity index is 1.42. The summed E-state index contributed by atoms with van der Waals surface area (Å²) in [6.07, 6.45) is 5.56. The van der Waals surface area contributed by atoms with E-state index in [1.54, 1.807) is 6.20 Å². The molecule has 4 aromatic rings. The zero-order chi connectivity index (χ0) is 20.4. The molecule has 0 fully saturated rings. The number of aryl methyl sites for hydroxylation is 2. The monoisotopic (exact) mass is 406 g/mol. The number of pyridine rings is 1. The molecule has 1 unspecified atom stereocenters. The number of hydrogen-bond acceptors (Lipinski definition) is 5. The minimum absolute atomic E-state index is 0.0786. The van der Waals surface area contributed by atoms with Crippen LogP contribution in [0.2, 0.25) is 0 Å². The van der Waals surface area contributed by atoms with Crippen molar-refractivity contribution >= 4 is 23.3 Å². The second-order valence-electron chi connectivity index (χ2n) is 6.99. The molecular formula is C21H22N6OS. The lowest BCUT2D eigenvalue weighted by Gasteiger charge is -2.13. The van der Waals surface area contributed by atoms with Gasteiger partial charge in [0.25, 0.3) is 0 Å². The van der Waals surface area contributed by atoms with Crippen molar-refractivity contribution in [3.05, 3.63) is 71.9 Å². The molecule has 7 nitrogen and oxygen atoms in total. The number of hydrogen-bond donors (Lipinski definition) is 1. The van der Waals surface area contributed by atoms with Crippen molar-refractivity contribution < 1.29 is 4.79 Å². The lowest BCUT2D eigenvalue weighted by atomic mass is 10.1. The van der Waals surface area contributed by atoms with Gasteiger partial charge in [-0.25, -0.2) is 4.98 Å². The van der Waals surface area contributed by atoms with Crippen LogP contribution in [0, 0.1) is 13.8 Å². The van der Waals surface area contributed by atoms with Gasteiger partial charge in [0.1, 0.15) is 0 Å². The van der Waals surface area contributed by atoms with Crippen molar-refractivity contribution in [3.8, 4) is 5.69 Å². The minimum Gasteiger partial charge on any atom is -0.346 e. The molecule has 0 aliphatic heterocycles. The fourth-order valence-corrected chi connectivity index (χ4v) is 4.10. The van der Waals surface area contributed by atoms with Gasteiger partial charge in [-0.1, -0.05) is 23.9 Å². The van der Waals surface area contributed by atoms with E-state index in [-0.39, 0.29) is 17.7 Å². The summed E-state index contributed by atoms with van der Waals surface area (Å²) in [5.74, 6) is 0.893. The lowest BCUT2D eigenvalue weighted by Crippen LogP contribution is -2.29. The van der Waals surface area contributed by atoms with E-state index >= 15 is 0 Å². The van der Waals surface area contributed by atoms with Gasteiger partial charge in [0.15, 0.2) is 16.6 Å². The Morgan fingerprint density at radius 1 is 1.14 bits per heavy atom. The van der Waals surface area contributed by atoms with Crippen LogP contribution in [0.15, 0.2) is 60.1 Å². The van der Waals surface area contributed by atoms with E-state index in [1.165, 1.54) is 22.9 Å². The van der Waals surface area contributed by atoms with E-state index in [0.29, 0.717) is 5.82 Å². The molecule has 1 atom stereocenters. The first-order valence-electron chi connectivity index (χ1n) is 9.35. The summed E-state index contributed by atoms with van der Waals surface area (Å²) in [6, 6.07) is 11.8. The summed E-state index contributed by atoms with van der Waals surface area (Å²) < 4.78 is 3.89. The van der Waals surface area contributed by atoms with Crippen LogP contribution in [0.5, 0.6) is 0 Å². The summed E-state index contributed by atoms with van der Waals surface area (Å²) in [5.41, 5.74) is 4.19. The summed E-state index contributed by atoms with van der Waals surface area (Å²) >= 11 is 1.41. The van der Waals surface area contributed by atoms with E-state index in [2.05, 4.69) is 52.5 Å². The molecule has 1 amide bonds. The maximum Gasteiger partial charge on any atom is 0.231 e.